The van der Waals surface area contributed by atoms with Crippen molar-refractivity contribution >= 4 is 62.7 Å². The van der Waals surface area contributed by atoms with Gasteiger partial charge < -0.3 is 9.84 Å². The van der Waals surface area contributed by atoms with E-state index in [2.05, 4.69) is 0 Å². The monoisotopic (exact) mass is 421 g/mol. The zero-order valence-electron chi connectivity index (χ0n) is 15.1. The van der Waals surface area contributed by atoms with Crippen molar-refractivity contribution in [1.29, 1.82) is 0 Å². The molecule has 1 saturated heterocycles. The Hall–Kier alpha value is -3.16. The second-order valence-electron chi connectivity index (χ2n) is 6.24. The smallest absolute Gasteiger partial charge is 0.341 e. The van der Waals surface area contributed by atoms with Gasteiger partial charge in [0.25, 0.3) is 5.91 Å². The summed E-state index contributed by atoms with van der Waals surface area (Å²) in [5, 5.41) is 10.8. The first kappa shape index (κ1) is 19.2. The van der Waals surface area contributed by atoms with Gasteiger partial charge in [0.2, 0.25) is 0 Å². The Kier molecular flexibility index (Phi) is 5.33. The molecule has 1 aliphatic heterocycles. The standard InChI is InChI=1S/C22H15NO4S2/c24-20(25)13-27-18-11-4-2-7-15(18)12-19-21(26)23(22(28)29-19)17-10-5-8-14-6-1-3-9-16(14)17/h1-12H,13H2,(H,24,25)/b19-12-. The van der Waals surface area contributed by atoms with Crippen molar-refractivity contribution in [3.8, 4) is 5.75 Å². The molecule has 0 radical (unpaired) electrons. The van der Waals surface area contributed by atoms with Crippen LogP contribution in [-0.4, -0.2) is 27.9 Å². The number of carbonyl (C=O) groups is 2. The molecule has 29 heavy (non-hydrogen) atoms. The highest BCUT2D eigenvalue weighted by atomic mass is 32.2. The number of hydrogen-bond acceptors (Lipinski definition) is 5. The lowest BCUT2D eigenvalue weighted by molar-refractivity contribution is -0.139. The summed E-state index contributed by atoms with van der Waals surface area (Å²) in [5.41, 5.74) is 1.36. The minimum atomic E-state index is -1.07. The number of carbonyl (C=O) groups excluding carboxylic acids is 1. The highest BCUT2D eigenvalue weighted by molar-refractivity contribution is 8.27. The van der Waals surface area contributed by atoms with Gasteiger partial charge in [-0.1, -0.05) is 78.6 Å². The molecular weight excluding hydrogens is 406 g/mol. The molecule has 0 saturated carbocycles. The number of ether oxygens (including phenoxy) is 1. The molecule has 1 heterocycles. The van der Waals surface area contributed by atoms with Gasteiger partial charge in [0.05, 0.1) is 10.6 Å². The van der Waals surface area contributed by atoms with Gasteiger partial charge in [-0.15, -0.1) is 0 Å². The van der Waals surface area contributed by atoms with Crippen LogP contribution >= 0.6 is 24.0 Å². The van der Waals surface area contributed by atoms with E-state index in [1.165, 1.54) is 16.7 Å². The van der Waals surface area contributed by atoms with Crippen molar-refractivity contribution < 1.29 is 19.4 Å². The fourth-order valence-electron chi connectivity index (χ4n) is 3.09. The predicted octanol–water partition coefficient (Wildman–Crippen LogP) is 4.71. The van der Waals surface area contributed by atoms with Crippen LogP contribution in [0.5, 0.6) is 5.75 Å². The maximum atomic E-state index is 13.2. The van der Waals surface area contributed by atoms with E-state index in [9.17, 15) is 9.59 Å². The second kappa shape index (κ2) is 8.06. The topological polar surface area (TPSA) is 66.8 Å². The molecule has 1 aliphatic rings. The average molecular weight is 421 g/mol. The van der Waals surface area contributed by atoms with Crippen LogP contribution in [0.25, 0.3) is 16.8 Å². The molecule has 5 nitrogen and oxygen atoms in total. The largest absolute Gasteiger partial charge is 0.481 e. The minimum Gasteiger partial charge on any atom is -0.481 e. The number of aliphatic carboxylic acids is 1. The van der Waals surface area contributed by atoms with Crippen molar-refractivity contribution in [2.45, 2.75) is 0 Å². The highest BCUT2D eigenvalue weighted by Crippen LogP contribution is 2.39. The van der Waals surface area contributed by atoms with Crippen molar-refractivity contribution in [1.82, 2.24) is 0 Å². The van der Waals surface area contributed by atoms with Crippen LogP contribution in [0.2, 0.25) is 0 Å². The third-order valence-corrected chi connectivity index (χ3v) is 5.66. The molecule has 0 atom stereocenters. The molecule has 1 fully saturated rings. The molecule has 1 N–H and O–H groups in total. The number of anilines is 1. The van der Waals surface area contributed by atoms with E-state index in [1.807, 2.05) is 42.5 Å². The summed E-state index contributed by atoms with van der Waals surface area (Å²) in [7, 11) is 0. The number of amides is 1. The zero-order valence-corrected chi connectivity index (χ0v) is 16.7. The first-order chi connectivity index (χ1) is 14.0. The van der Waals surface area contributed by atoms with Crippen molar-refractivity contribution in [2.75, 3.05) is 11.5 Å². The normalized spacial score (nSPS) is 15.3. The highest BCUT2D eigenvalue weighted by Gasteiger charge is 2.34. The number of fused-ring (bicyclic) bond motifs is 1. The molecule has 0 aromatic heterocycles. The number of para-hydroxylation sites is 1. The number of benzene rings is 3. The number of rotatable bonds is 5. The Morgan fingerprint density at radius 1 is 1.07 bits per heavy atom. The summed E-state index contributed by atoms with van der Waals surface area (Å²) in [6.07, 6.45) is 1.68. The van der Waals surface area contributed by atoms with Crippen LogP contribution in [-0.2, 0) is 9.59 Å². The number of thioether (sulfide) groups is 1. The maximum Gasteiger partial charge on any atom is 0.341 e. The first-order valence-corrected chi connectivity index (χ1v) is 9.96. The van der Waals surface area contributed by atoms with E-state index in [0.29, 0.717) is 20.5 Å². The number of nitrogens with zero attached hydrogens (tertiary/aromatic N) is 1. The Labute approximate surface area is 176 Å². The number of carboxylic acid groups (broad SMARTS) is 1. The van der Waals surface area contributed by atoms with E-state index < -0.39 is 12.6 Å². The van der Waals surface area contributed by atoms with Crippen LogP contribution in [0.4, 0.5) is 5.69 Å². The Bertz CT molecular complexity index is 1170. The van der Waals surface area contributed by atoms with Crippen LogP contribution < -0.4 is 9.64 Å². The van der Waals surface area contributed by atoms with Gasteiger partial charge in [0, 0.05) is 10.9 Å². The summed E-state index contributed by atoms with van der Waals surface area (Å²) in [5.74, 6) is -0.892. The maximum absolute atomic E-state index is 13.2. The summed E-state index contributed by atoms with van der Waals surface area (Å²) in [6.45, 7) is -0.457. The fourth-order valence-corrected chi connectivity index (χ4v) is 4.37. The lowest BCUT2D eigenvalue weighted by atomic mass is 10.1. The quantitative estimate of drug-likeness (QED) is 0.475. The van der Waals surface area contributed by atoms with Crippen LogP contribution in [0, 0.1) is 0 Å². The molecule has 7 heteroatoms. The van der Waals surface area contributed by atoms with Crippen molar-refractivity contribution in [2.24, 2.45) is 0 Å². The minimum absolute atomic E-state index is 0.218. The van der Waals surface area contributed by atoms with E-state index in [1.54, 1.807) is 30.3 Å². The number of thiocarbonyl (C=S) groups is 1. The molecule has 3 aromatic rings. The Morgan fingerprint density at radius 2 is 1.79 bits per heavy atom. The zero-order chi connectivity index (χ0) is 20.4. The van der Waals surface area contributed by atoms with Gasteiger partial charge in [0.15, 0.2) is 10.9 Å². The summed E-state index contributed by atoms with van der Waals surface area (Å²) in [4.78, 5) is 26.0. The Morgan fingerprint density at radius 3 is 2.62 bits per heavy atom. The lowest BCUT2D eigenvalue weighted by Crippen LogP contribution is -2.27. The van der Waals surface area contributed by atoms with Crippen LogP contribution in [0.1, 0.15) is 5.56 Å². The fraction of sp³-hybridized carbons (Fsp3) is 0.0455. The summed E-state index contributed by atoms with van der Waals surface area (Å²) >= 11 is 6.70. The van der Waals surface area contributed by atoms with Gasteiger partial charge in [-0.25, -0.2) is 4.79 Å². The molecule has 0 bridgehead atoms. The Balaban J connectivity index is 1.70. The van der Waals surface area contributed by atoms with Gasteiger partial charge in [-0.3, -0.25) is 9.69 Å². The molecule has 0 aliphatic carbocycles. The SMILES string of the molecule is O=C(O)COc1ccccc1/C=C1\SC(=S)N(c2cccc3ccccc23)C1=O. The summed E-state index contributed by atoms with van der Waals surface area (Å²) < 4.78 is 5.77. The molecule has 0 spiro atoms. The van der Waals surface area contributed by atoms with Crippen molar-refractivity contribution in [3.63, 3.8) is 0 Å². The lowest BCUT2D eigenvalue weighted by Gasteiger charge is -2.17. The molecule has 0 unspecified atom stereocenters. The third kappa shape index (κ3) is 3.87. The number of hydrogen-bond donors (Lipinski definition) is 1. The second-order valence-corrected chi connectivity index (χ2v) is 7.91. The number of carboxylic acids is 1. The summed E-state index contributed by atoms with van der Waals surface area (Å²) in [6, 6.07) is 20.6. The molecule has 3 aromatic carbocycles. The molecule has 1 amide bonds. The first-order valence-electron chi connectivity index (χ1n) is 8.74. The molecule has 144 valence electrons. The molecular formula is C22H15NO4S2. The van der Waals surface area contributed by atoms with E-state index >= 15 is 0 Å². The van der Waals surface area contributed by atoms with Crippen LogP contribution in [0.15, 0.2) is 71.6 Å². The van der Waals surface area contributed by atoms with Crippen LogP contribution in [0.3, 0.4) is 0 Å². The van der Waals surface area contributed by atoms with Gasteiger partial charge in [-0.2, -0.15) is 0 Å². The van der Waals surface area contributed by atoms with E-state index in [0.717, 1.165) is 16.5 Å². The molecule has 4 rings (SSSR count). The van der Waals surface area contributed by atoms with Gasteiger partial charge in [-0.05, 0) is 23.6 Å². The van der Waals surface area contributed by atoms with Gasteiger partial charge in [0.1, 0.15) is 5.75 Å². The van der Waals surface area contributed by atoms with Crippen molar-refractivity contribution in [3.05, 3.63) is 77.2 Å². The average Bonchev–Trinajstić information content (AvgIpc) is 3.00. The van der Waals surface area contributed by atoms with E-state index in [4.69, 9.17) is 22.1 Å². The predicted molar refractivity (Wildman–Crippen MR) is 119 cm³/mol. The van der Waals surface area contributed by atoms with Gasteiger partial charge >= 0.3 is 5.97 Å². The van der Waals surface area contributed by atoms with E-state index in [-0.39, 0.29) is 5.91 Å². The third-order valence-electron chi connectivity index (χ3n) is 4.36.